The van der Waals surface area contributed by atoms with Crippen LogP contribution in [0.3, 0.4) is 0 Å². The molecule has 0 saturated carbocycles. The van der Waals surface area contributed by atoms with E-state index >= 15 is 0 Å². The van der Waals surface area contributed by atoms with Crippen molar-refractivity contribution in [2.75, 3.05) is 11.4 Å². The first kappa shape index (κ1) is 11.3. The van der Waals surface area contributed by atoms with Crippen LogP contribution in [0.5, 0.6) is 0 Å². The maximum atomic E-state index is 11.6. The average molecular weight is 231 g/mol. The second kappa shape index (κ2) is 4.37. The number of aliphatic imine (C=N–C) groups is 1. The molecule has 1 aromatic rings. The number of hydrogen-bond donors (Lipinski definition) is 1. The Bertz CT molecular complexity index is 508. The topological polar surface area (TPSA) is 61.8 Å². The highest BCUT2D eigenvalue weighted by atomic mass is 16.2. The maximum absolute atomic E-state index is 11.6. The average Bonchev–Trinajstić information content (AvgIpc) is 2.27. The maximum Gasteiger partial charge on any atom is 0.224 e. The smallest absolute Gasteiger partial charge is 0.224 e. The van der Waals surface area contributed by atoms with Gasteiger partial charge in [0.1, 0.15) is 5.84 Å². The van der Waals surface area contributed by atoms with Gasteiger partial charge in [-0.05, 0) is 12.1 Å². The number of anilines is 1. The Morgan fingerprint density at radius 1 is 1.29 bits per heavy atom. The summed E-state index contributed by atoms with van der Waals surface area (Å²) in [4.78, 5) is 28.5. The van der Waals surface area contributed by atoms with Crippen LogP contribution in [-0.2, 0) is 9.59 Å². The fourth-order valence-corrected chi connectivity index (χ4v) is 1.75. The van der Waals surface area contributed by atoms with Crippen molar-refractivity contribution in [1.82, 2.24) is 5.32 Å². The molecule has 1 aromatic carbocycles. The third kappa shape index (κ3) is 2.33. The first-order valence-corrected chi connectivity index (χ1v) is 5.30. The predicted octanol–water partition coefficient (Wildman–Crippen LogP) is 1.22. The normalized spacial score (nSPS) is 13.8. The lowest BCUT2D eigenvalue weighted by Gasteiger charge is -2.27. The summed E-state index contributed by atoms with van der Waals surface area (Å²) in [5.41, 5.74) is 1.46. The van der Waals surface area contributed by atoms with Gasteiger partial charge in [-0.2, -0.15) is 0 Å². The lowest BCUT2D eigenvalue weighted by molar-refractivity contribution is -0.118. The molecule has 0 fully saturated rings. The quantitative estimate of drug-likeness (QED) is 0.729. The Morgan fingerprint density at radius 3 is 2.65 bits per heavy atom. The van der Waals surface area contributed by atoms with Crippen LogP contribution >= 0.6 is 0 Å². The molecule has 0 atom stereocenters. The SMILES string of the molecule is CC(=O)NC1=Nc2ccccc2N(C(C)=O)C1. The lowest BCUT2D eigenvalue weighted by atomic mass is 10.2. The molecule has 1 N–H and O–H groups in total. The highest BCUT2D eigenvalue weighted by molar-refractivity contribution is 6.09. The Balaban J connectivity index is 2.41. The van der Waals surface area contributed by atoms with Crippen LogP contribution in [0.1, 0.15) is 13.8 Å². The van der Waals surface area contributed by atoms with Crippen LogP contribution < -0.4 is 10.2 Å². The van der Waals surface area contributed by atoms with Crippen molar-refractivity contribution in [1.29, 1.82) is 0 Å². The first-order valence-electron chi connectivity index (χ1n) is 5.30. The molecule has 1 heterocycles. The predicted molar refractivity (Wildman–Crippen MR) is 65.4 cm³/mol. The van der Waals surface area contributed by atoms with Crippen LogP contribution in [0.15, 0.2) is 29.3 Å². The standard InChI is InChI=1S/C12H13N3O2/c1-8(16)13-12-7-15(9(2)17)11-6-4-3-5-10(11)14-12/h3-6H,7H2,1-2H3,(H,13,14,16). The molecule has 1 aliphatic heterocycles. The van der Waals surface area contributed by atoms with Gasteiger partial charge >= 0.3 is 0 Å². The van der Waals surface area contributed by atoms with Gasteiger partial charge < -0.3 is 10.2 Å². The summed E-state index contributed by atoms with van der Waals surface area (Å²) in [6.45, 7) is 3.21. The van der Waals surface area contributed by atoms with E-state index in [0.29, 0.717) is 18.1 Å². The molecule has 0 aromatic heterocycles. The van der Waals surface area contributed by atoms with Crippen molar-refractivity contribution in [2.45, 2.75) is 13.8 Å². The van der Waals surface area contributed by atoms with E-state index in [9.17, 15) is 9.59 Å². The monoisotopic (exact) mass is 231 g/mol. The van der Waals surface area contributed by atoms with Crippen LogP contribution in [0.25, 0.3) is 0 Å². The van der Waals surface area contributed by atoms with E-state index in [0.717, 1.165) is 5.69 Å². The van der Waals surface area contributed by atoms with E-state index in [2.05, 4.69) is 10.3 Å². The second-order valence-corrected chi connectivity index (χ2v) is 3.83. The molecule has 17 heavy (non-hydrogen) atoms. The first-order chi connectivity index (χ1) is 8.08. The van der Waals surface area contributed by atoms with E-state index in [4.69, 9.17) is 0 Å². The number of para-hydroxylation sites is 2. The summed E-state index contributed by atoms with van der Waals surface area (Å²) >= 11 is 0. The molecule has 5 nitrogen and oxygen atoms in total. The van der Waals surface area contributed by atoms with E-state index in [1.165, 1.54) is 13.8 Å². The van der Waals surface area contributed by atoms with Crippen LogP contribution in [-0.4, -0.2) is 24.2 Å². The number of amides is 2. The summed E-state index contributed by atoms with van der Waals surface area (Å²) in [5, 5.41) is 2.62. The van der Waals surface area contributed by atoms with Crippen LogP contribution in [0, 0.1) is 0 Å². The van der Waals surface area contributed by atoms with Gasteiger partial charge in [0.15, 0.2) is 0 Å². The molecule has 0 saturated heterocycles. The number of nitrogens with zero attached hydrogens (tertiary/aromatic N) is 2. The van der Waals surface area contributed by atoms with Gasteiger partial charge in [-0.1, -0.05) is 12.1 Å². The number of fused-ring (bicyclic) bond motifs is 1. The van der Waals surface area contributed by atoms with E-state index < -0.39 is 0 Å². The summed E-state index contributed by atoms with van der Waals surface area (Å²) < 4.78 is 0. The van der Waals surface area contributed by atoms with Crippen LogP contribution in [0.2, 0.25) is 0 Å². The Labute approximate surface area is 99.1 Å². The van der Waals surface area contributed by atoms with Gasteiger partial charge in [-0.25, -0.2) is 4.99 Å². The van der Waals surface area contributed by atoms with E-state index in [1.54, 1.807) is 4.90 Å². The highest BCUT2D eigenvalue weighted by Gasteiger charge is 2.22. The van der Waals surface area contributed by atoms with Gasteiger partial charge in [0, 0.05) is 13.8 Å². The third-order valence-corrected chi connectivity index (χ3v) is 2.44. The minimum Gasteiger partial charge on any atom is -0.313 e. The summed E-state index contributed by atoms with van der Waals surface area (Å²) in [6.07, 6.45) is 0. The molecule has 0 radical (unpaired) electrons. The molecule has 0 bridgehead atoms. The highest BCUT2D eigenvalue weighted by Crippen LogP contribution is 2.31. The minimum absolute atomic E-state index is 0.0739. The molecular weight excluding hydrogens is 218 g/mol. The fourth-order valence-electron chi connectivity index (χ4n) is 1.75. The molecule has 1 aliphatic rings. The number of carbonyl (C=O) groups excluding carboxylic acids is 2. The largest absolute Gasteiger partial charge is 0.313 e. The zero-order valence-corrected chi connectivity index (χ0v) is 9.73. The van der Waals surface area contributed by atoms with E-state index in [-0.39, 0.29) is 11.8 Å². The molecule has 5 heteroatoms. The van der Waals surface area contributed by atoms with E-state index in [1.807, 2.05) is 24.3 Å². The van der Waals surface area contributed by atoms with Gasteiger partial charge in [0.25, 0.3) is 0 Å². The van der Waals surface area contributed by atoms with Crippen molar-refractivity contribution in [3.63, 3.8) is 0 Å². The molecule has 0 spiro atoms. The second-order valence-electron chi connectivity index (χ2n) is 3.83. The zero-order valence-electron chi connectivity index (χ0n) is 9.73. The molecule has 0 aliphatic carbocycles. The molecule has 88 valence electrons. The summed E-state index contributed by atoms with van der Waals surface area (Å²) in [6, 6.07) is 7.35. The van der Waals surface area contributed by atoms with Gasteiger partial charge in [-0.15, -0.1) is 0 Å². The molecular formula is C12H13N3O2. The Kier molecular flexibility index (Phi) is 2.91. The Morgan fingerprint density at radius 2 is 2.00 bits per heavy atom. The number of hydrogen-bond acceptors (Lipinski definition) is 3. The summed E-state index contributed by atoms with van der Waals surface area (Å²) in [7, 11) is 0. The molecule has 2 amide bonds. The van der Waals surface area contributed by atoms with Crippen molar-refractivity contribution in [3.05, 3.63) is 24.3 Å². The lowest BCUT2D eigenvalue weighted by Crippen LogP contribution is -2.43. The van der Waals surface area contributed by atoms with Crippen molar-refractivity contribution >= 4 is 29.0 Å². The number of amidine groups is 1. The molecule has 0 unspecified atom stereocenters. The minimum atomic E-state index is -0.188. The van der Waals surface area contributed by atoms with Gasteiger partial charge in [0.2, 0.25) is 11.8 Å². The van der Waals surface area contributed by atoms with Crippen molar-refractivity contribution in [2.24, 2.45) is 4.99 Å². The molecule has 2 rings (SSSR count). The van der Waals surface area contributed by atoms with Gasteiger partial charge in [0.05, 0.1) is 17.9 Å². The number of rotatable bonds is 0. The van der Waals surface area contributed by atoms with Crippen LogP contribution in [0.4, 0.5) is 11.4 Å². The number of carbonyl (C=O) groups is 2. The van der Waals surface area contributed by atoms with Gasteiger partial charge in [-0.3, -0.25) is 9.59 Å². The fraction of sp³-hybridized carbons (Fsp3) is 0.250. The van der Waals surface area contributed by atoms with Crippen molar-refractivity contribution < 1.29 is 9.59 Å². The summed E-state index contributed by atoms with van der Waals surface area (Å²) in [5.74, 6) is 0.230. The number of nitrogens with one attached hydrogen (secondary N) is 1. The Hall–Kier alpha value is -2.17. The number of benzene rings is 1. The van der Waals surface area contributed by atoms with Crippen molar-refractivity contribution in [3.8, 4) is 0 Å². The zero-order chi connectivity index (χ0) is 12.4. The third-order valence-electron chi connectivity index (χ3n) is 2.44.